The highest BCUT2D eigenvalue weighted by molar-refractivity contribution is 5.90. The van der Waals surface area contributed by atoms with E-state index in [9.17, 15) is 4.79 Å². The van der Waals surface area contributed by atoms with Crippen LogP contribution in [-0.2, 0) is 11.2 Å². The number of ether oxygens (including phenoxy) is 2. The molecule has 21 heavy (non-hydrogen) atoms. The second kappa shape index (κ2) is 5.12. The largest absolute Gasteiger partial charge is 0.483 e. The number of hydrogen-bond acceptors (Lipinski definition) is 4. The summed E-state index contributed by atoms with van der Waals surface area (Å²) in [5, 5.41) is 9.07. The highest BCUT2D eigenvalue weighted by Crippen LogP contribution is 2.41. The molecule has 6 heteroatoms. The zero-order valence-electron chi connectivity index (χ0n) is 12.0. The molecule has 0 unspecified atom stereocenters. The van der Waals surface area contributed by atoms with Crippen LogP contribution in [0, 0.1) is 0 Å². The molecule has 0 spiro atoms. The molecule has 0 radical (unpaired) electrons. The van der Waals surface area contributed by atoms with E-state index in [0.29, 0.717) is 11.6 Å². The fourth-order valence-corrected chi connectivity index (χ4v) is 2.36. The highest BCUT2D eigenvalue weighted by Gasteiger charge is 2.32. The predicted molar refractivity (Wildman–Crippen MR) is 77.6 cm³/mol. The van der Waals surface area contributed by atoms with E-state index in [1.165, 1.54) is 0 Å². The van der Waals surface area contributed by atoms with Crippen LogP contribution in [0.3, 0.4) is 0 Å². The van der Waals surface area contributed by atoms with E-state index in [1.807, 2.05) is 32.0 Å². The molecule has 6 nitrogen and oxygen atoms in total. The Morgan fingerprint density at radius 2 is 2.33 bits per heavy atom. The van der Waals surface area contributed by atoms with E-state index >= 15 is 0 Å². The van der Waals surface area contributed by atoms with Gasteiger partial charge in [0.15, 0.2) is 18.1 Å². The van der Waals surface area contributed by atoms with Gasteiger partial charge in [0.2, 0.25) is 0 Å². The summed E-state index contributed by atoms with van der Waals surface area (Å²) in [4.78, 5) is 11.8. The van der Waals surface area contributed by atoms with Crippen LogP contribution in [0.1, 0.15) is 19.4 Å². The SMILES string of the molecule is CC1(C)Cc2cccc(OCC(=O)Nc3ccn[nH]3)c2O1. The van der Waals surface area contributed by atoms with Gasteiger partial charge in [0.25, 0.3) is 5.91 Å². The number of hydrogen-bond donors (Lipinski definition) is 2. The average Bonchev–Trinajstić information content (AvgIpc) is 3.01. The van der Waals surface area contributed by atoms with Crippen molar-refractivity contribution in [3.8, 4) is 11.5 Å². The summed E-state index contributed by atoms with van der Waals surface area (Å²) in [6.45, 7) is 3.97. The summed E-state index contributed by atoms with van der Waals surface area (Å²) >= 11 is 0. The lowest BCUT2D eigenvalue weighted by molar-refractivity contribution is -0.118. The number of anilines is 1. The van der Waals surface area contributed by atoms with Gasteiger partial charge in [-0.2, -0.15) is 5.10 Å². The Bertz CT molecular complexity index is 650. The Morgan fingerprint density at radius 3 is 3.10 bits per heavy atom. The van der Waals surface area contributed by atoms with E-state index in [4.69, 9.17) is 9.47 Å². The third-order valence-corrected chi connectivity index (χ3v) is 3.19. The fourth-order valence-electron chi connectivity index (χ4n) is 2.36. The molecule has 1 aliphatic heterocycles. The van der Waals surface area contributed by atoms with Crippen molar-refractivity contribution in [2.75, 3.05) is 11.9 Å². The number of carbonyl (C=O) groups excluding carboxylic acids is 1. The molecule has 2 N–H and O–H groups in total. The van der Waals surface area contributed by atoms with Gasteiger partial charge >= 0.3 is 0 Å². The molecule has 0 fully saturated rings. The molecule has 0 aliphatic carbocycles. The normalized spacial score (nSPS) is 15.1. The molecule has 0 bridgehead atoms. The van der Waals surface area contributed by atoms with Gasteiger partial charge in [0.1, 0.15) is 11.4 Å². The van der Waals surface area contributed by atoms with Crippen LogP contribution in [0.5, 0.6) is 11.5 Å². The maximum absolute atomic E-state index is 11.8. The van der Waals surface area contributed by atoms with Crippen LogP contribution < -0.4 is 14.8 Å². The van der Waals surface area contributed by atoms with Gasteiger partial charge in [-0.3, -0.25) is 9.89 Å². The Kier molecular flexibility index (Phi) is 3.29. The summed E-state index contributed by atoms with van der Waals surface area (Å²) < 4.78 is 11.5. The Morgan fingerprint density at radius 1 is 1.48 bits per heavy atom. The van der Waals surface area contributed by atoms with Gasteiger partial charge in [-0.05, 0) is 19.9 Å². The van der Waals surface area contributed by atoms with Crippen molar-refractivity contribution in [1.29, 1.82) is 0 Å². The third-order valence-electron chi connectivity index (χ3n) is 3.19. The van der Waals surface area contributed by atoms with E-state index in [-0.39, 0.29) is 18.1 Å². The van der Waals surface area contributed by atoms with Crippen molar-refractivity contribution in [3.05, 3.63) is 36.0 Å². The van der Waals surface area contributed by atoms with Gasteiger partial charge in [-0.1, -0.05) is 12.1 Å². The fraction of sp³-hybridized carbons (Fsp3) is 0.333. The smallest absolute Gasteiger partial charge is 0.263 e. The number of nitrogens with zero attached hydrogens (tertiary/aromatic N) is 1. The minimum absolute atomic E-state index is 0.0841. The topological polar surface area (TPSA) is 76.2 Å². The number of fused-ring (bicyclic) bond motifs is 1. The summed E-state index contributed by atoms with van der Waals surface area (Å²) in [5.74, 6) is 1.61. The molecule has 1 aliphatic rings. The maximum atomic E-state index is 11.8. The molecule has 3 rings (SSSR count). The Labute approximate surface area is 122 Å². The minimum Gasteiger partial charge on any atom is -0.483 e. The molecule has 1 aromatic heterocycles. The monoisotopic (exact) mass is 287 g/mol. The summed E-state index contributed by atoms with van der Waals surface area (Å²) in [6.07, 6.45) is 2.40. The summed E-state index contributed by atoms with van der Waals surface area (Å²) in [5.41, 5.74) is 0.867. The quantitative estimate of drug-likeness (QED) is 0.903. The number of benzene rings is 1. The molecule has 0 saturated carbocycles. The molecule has 0 saturated heterocycles. The van der Waals surface area contributed by atoms with Gasteiger partial charge in [-0.25, -0.2) is 0 Å². The second-order valence-electron chi connectivity index (χ2n) is 5.59. The number of rotatable bonds is 4. The first-order valence-electron chi connectivity index (χ1n) is 6.76. The Hall–Kier alpha value is -2.50. The molecule has 110 valence electrons. The number of nitrogens with one attached hydrogen (secondary N) is 2. The van der Waals surface area contributed by atoms with Crippen molar-refractivity contribution >= 4 is 11.7 Å². The van der Waals surface area contributed by atoms with Crippen LogP contribution in [-0.4, -0.2) is 28.3 Å². The van der Waals surface area contributed by atoms with Gasteiger partial charge in [0, 0.05) is 18.1 Å². The van der Waals surface area contributed by atoms with E-state index < -0.39 is 0 Å². The number of para-hydroxylation sites is 1. The highest BCUT2D eigenvalue weighted by atomic mass is 16.5. The number of H-pyrrole nitrogens is 1. The van der Waals surface area contributed by atoms with Crippen LogP contribution >= 0.6 is 0 Å². The number of amides is 1. The van der Waals surface area contributed by atoms with Crippen molar-refractivity contribution in [1.82, 2.24) is 10.2 Å². The first-order chi connectivity index (χ1) is 10.0. The number of aromatic amines is 1. The lowest BCUT2D eigenvalue weighted by atomic mass is 10.0. The lowest BCUT2D eigenvalue weighted by Gasteiger charge is -2.18. The van der Waals surface area contributed by atoms with Gasteiger partial charge < -0.3 is 14.8 Å². The van der Waals surface area contributed by atoms with Gasteiger partial charge in [-0.15, -0.1) is 0 Å². The van der Waals surface area contributed by atoms with Gasteiger partial charge in [0.05, 0.1) is 6.20 Å². The number of carbonyl (C=O) groups is 1. The van der Waals surface area contributed by atoms with Crippen LogP contribution in [0.25, 0.3) is 0 Å². The molecular formula is C15H17N3O3. The van der Waals surface area contributed by atoms with Crippen LogP contribution in [0.4, 0.5) is 5.82 Å². The molecular weight excluding hydrogens is 270 g/mol. The average molecular weight is 287 g/mol. The molecule has 2 heterocycles. The number of aromatic nitrogens is 2. The van der Waals surface area contributed by atoms with Crippen molar-refractivity contribution in [3.63, 3.8) is 0 Å². The van der Waals surface area contributed by atoms with Crippen LogP contribution in [0.2, 0.25) is 0 Å². The molecule has 0 atom stereocenters. The maximum Gasteiger partial charge on any atom is 0.263 e. The lowest BCUT2D eigenvalue weighted by Crippen LogP contribution is -2.25. The zero-order valence-corrected chi connectivity index (χ0v) is 12.0. The van der Waals surface area contributed by atoms with E-state index in [1.54, 1.807) is 12.3 Å². The minimum atomic E-state index is -0.255. The summed E-state index contributed by atoms with van der Waals surface area (Å²) in [7, 11) is 0. The first kappa shape index (κ1) is 13.5. The van der Waals surface area contributed by atoms with Crippen LogP contribution in [0.15, 0.2) is 30.5 Å². The predicted octanol–water partition coefficient (Wildman–Crippen LogP) is 2.14. The van der Waals surface area contributed by atoms with Crippen molar-refractivity contribution < 1.29 is 14.3 Å². The Balaban J connectivity index is 1.64. The van der Waals surface area contributed by atoms with Crippen molar-refractivity contribution in [2.45, 2.75) is 25.9 Å². The molecule has 1 amide bonds. The van der Waals surface area contributed by atoms with Crippen molar-refractivity contribution in [2.24, 2.45) is 0 Å². The zero-order chi connectivity index (χ0) is 14.9. The third kappa shape index (κ3) is 2.99. The van der Waals surface area contributed by atoms with E-state index in [2.05, 4.69) is 15.5 Å². The summed E-state index contributed by atoms with van der Waals surface area (Å²) in [6, 6.07) is 7.40. The second-order valence-corrected chi connectivity index (χ2v) is 5.59. The first-order valence-corrected chi connectivity index (χ1v) is 6.76. The van der Waals surface area contributed by atoms with E-state index in [0.717, 1.165) is 17.7 Å². The molecule has 1 aromatic carbocycles. The molecule has 2 aromatic rings. The standard InChI is InChI=1S/C15H17N3O3/c1-15(2)8-10-4-3-5-11(14(10)21-15)20-9-13(19)17-12-6-7-16-18-12/h3-7H,8-9H2,1-2H3,(H2,16,17,18,19).